The lowest BCUT2D eigenvalue weighted by atomic mass is 9.97. The molecule has 2 aliphatic rings. The molecule has 22 heavy (non-hydrogen) atoms. The highest BCUT2D eigenvalue weighted by atomic mass is 19.1. The third-order valence-corrected chi connectivity index (χ3v) is 4.70. The molecule has 1 aromatic carbocycles. The number of halogens is 1. The number of anilines is 2. The van der Waals surface area contributed by atoms with Crippen LogP contribution in [0.2, 0.25) is 0 Å². The van der Waals surface area contributed by atoms with E-state index < -0.39 is 5.60 Å². The molecule has 2 fully saturated rings. The Balaban J connectivity index is 1.62. The average Bonchev–Trinajstić information content (AvgIpc) is 3.10. The number of carbonyl (C=O) groups is 1. The Morgan fingerprint density at radius 1 is 1.23 bits per heavy atom. The second-order valence-electron chi connectivity index (χ2n) is 6.52. The number of benzene rings is 1. The molecule has 3 rings (SSSR count). The Morgan fingerprint density at radius 2 is 1.91 bits per heavy atom. The number of rotatable bonds is 4. The van der Waals surface area contributed by atoms with Crippen molar-refractivity contribution in [3.63, 3.8) is 0 Å². The van der Waals surface area contributed by atoms with Crippen LogP contribution in [0.1, 0.15) is 44.9 Å². The van der Waals surface area contributed by atoms with Gasteiger partial charge < -0.3 is 15.3 Å². The summed E-state index contributed by atoms with van der Waals surface area (Å²) in [6.07, 6.45) is 5.53. The van der Waals surface area contributed by atoms with Gasteiger partial charge >= 0.3 is 0 Å². The zero-order valence-corrected chi connectivity index (χ0v) is 12.8. The van der Waals surface area contributed by atoms with Gasteiger partial charge in [0.05, 0.1) is 17.7 Å². The maximum Gasteiger partial charge on any atom is 0.227 e. The molecule has 120 valence electrons. The van der Waals surface area contributed by atoms with E-state index in [9.17, 15) is 14.3 Å². The van der Waals surface area contributed by atoms with E-state index in [1.54, 1.807) is 12.1 Å². The number of hydrogen-bond donors (Lipinski definition) is 2. The second-order valence-corrected chi connectivity index (χ2v) is 6.52. The van der Waals surface area contributed by atoms with Gasteiger partial charge in [0.15, 0.2) is 0 Å². The minimum absolute atomic E-state index is 0.0858. The lowest BCUT2D eigenvalue weighted by molar-refractivity contribution is -0.120. The highest BCUT2D eigenvalue weighted by Gasteiger charge is 2.33. The third-order valence-electron chi connectivity index (χ3n) is 4.70. The molecule has 1 aliphatic carbocycles. The molecule has 0 spiro atoms. The van der Waals surface area contributed by atoms with E-state index in [0.29, 0.717) is 24.2 Å². The molecular weight excluding hydrogens is 283 g/mol. The molecule has 1 heterocycles. The van der Waals surface area contributed by atoms with Gasteiger partial charge in [-0.25, -0.2) is 4.39 Å². The zero-order chi connectivity index (χ0) is 15.6. The summed E-state index contributed by atoms with van der Waals surface area (Å²) < 4.78 is 14.2. The smallest absolute Gasteiger partial charge is 0.227 e. The van der Waals surface area contributed by atoms with Crippen LogP contribution in [0.25, 0.3) is 0 Å². The number of hydrogen-bond acceptors (Lipinski definition) is 3. The Kier molecular flexibility index (Phi) is 4.34. The quantitative estimate of drug-likeness (QED) is 0.899. The first-order valence-electron chi connectivity index (χ1n) is 8.13. The standard InChI is InChI=1S/C17H23FN2O2/c18-14-11-13(5-6-15(14)20-9-3-4-10-20)19-16(21)12-17(22)7-1-2-8-17/h5-6,11,22H,1-4,7-10,12H2,(H,19,21). The van der Waals surface area contributed by atoms with Crippen molar-refractivity contribution in [3.05, 3.63) is 24.0 Å². The summed E-state index contributed by atoms with van der Waals surface area (Å²) in [7, 11) is 0. The van der Waals surface area contributed by atoms with Gasteiger partial charge in [-0.15, -0.1) is 0 Å². The van der Waals surface area contributed by atoms with Crippen molar-refractivity contribution in [1.82, 2.24) is 0 Å². The lowest BCUT2D eigenvalue weighted by Gasteiger charge is -2.21. The zero-order valence-electron chi connectivity index (χ0n) is 12.8. The van der Waals surface area contributed by atoms with Crippen LogP contribution in [0.3, 0.4) is 0 Å². The van der Waals surface area contributed by atoms with Gasteiger partial charge in [-0.2, -0.15) is 0 Å². The fourth-order valence-corrected chi connectivity index (χ4v) is 3.51. The van der Waals surface area contributed by atoms with Crippen molar-refractivity contribution in [1.29, 1.82) is 0 Å². The monoisotopic (exact) mass is 306 g/mol. The molecule has 2 N–H and O–H groups in total. The molecule has 1 saturated carbocycles. The van der Waals surface area contributed by atoms with Gasteiger partial charge in [-0.05, 0) is 43.9 Å². The van der Waals surface area contributed by atoms with Crippen LogP contribution < -0.4 is 10.2 Å². The van der Waals surface area contributed by atoms with Gasteiger partial charge in [0, 0.05) is 18.8 Å². The maximum absolute atomic E-state index is 14.2. The number of carbonyl (C=O) groups excluding carboxylic acids is 1. The van der Waals surface area contributed by atoms with E-state index in [0.717, 1.165) is 38.8 Å². The molecule has 0 unspecified atom stereocenters. The van der Waals surface area contributed by atoms with Crippen LogP contribution in [0.4, 0.5) is 15.8 Å². The SMILES string of the molecule is O=C(CC1(O)CCCC1)Nc1ccc(N2CCCC2)c(F)c1. The van der Waals surface area contributed by atoms with Crippen molar-refractivity contribution >= 4 is 17.3 Å². The normalized spacial score (nSPS) is 20.4. The van der Waals surface area contributed by atoms with Crippen LogP contribution in [0.5, 0.6) is 0 Å². The highest BCUT2D eigenvalue weighted by molar-refractivity contribution is 5.91. The van der Waals surface area contributed by atoms with Crippen LogP contribution in [0, 0.1) is 5.82 Å². The molecule has 0 radical (unpaired) electrons. The highest BCUT2D eigenvalue weighted by Crippen LogP contribution is 2.33. The summed E-state index contributed by atoms with van der Waals surface area (Å²) in [6, 6.07) is 4.82. The summed E-state index contributed by atoms with van der Waals surface area (Å²) in [5.74, 6) is -0.558. The molecule has 0 bridgehead atoms. The van der Waals surface area contributed by atoms with Gasteiger partial charge in [-0.3, -0.25) is 4.79 Å². The van der Waals surface area contributed by atoms with E-state index in [4.69, 9.17) is 0 Å². The molecule has 1 amide bonds. The summed E-state index contributed by atoms with van der Waals surface area (Å²) in [5, 5.41) is 12.9. The molecular formula is C17H23FN2O2. The van der Waals surface area contributed by atoms with E-state index in [1.807, 2.05) is 4.90 Å². The number of nitrogens with zero attached hydrogens (tertiary/aromatic N) is 1. The first-order valence-corrected chi connectivity index (χ1v) is 8.13. The fraction of sp³-hybridized carbons (Fsp3) is 0.588. The molecule has 0 aromatic heterocycles. The summed E-state index contributed by atoms with van der Waals surface area (Å²) in [4.78, 5) is 14.1. The summed E-state index contributed by atoms with van der Waals surface area (Å²) >= 11 is 0. The van der Waals surface area contributed by atoms with Gasteiger partial charge in [0.1, 0.15) is 5.82 Å². The lowest BCUT2D eigenvalue weighted by Crippen LogP contribution is -2.30. The number of amides is 1. The predicted molar refractivity (Wildman–Crippen MR) is 84.5 cm³/mol. The van der Waals surface area contributed by atoms with Gasteiger partial charge in [0.2, 0.25) is 5.91 Å². The average molecular weight is 306 g/mol. The first kappa shape index (κ1) is 15.3. The Bertz CT molecular complexity index is 550. The van der Waals surface area contributed by atoms with E-state index in [1.165, 1.54) is 6.07 Å². The number of aliphatic hydroxyl groups is 1. The molecule has 1 aromatic rings. The molecule has 1 saturated heterocycles. The predicted octanol–water partition coefficient (Wildman–Crippen LogP) is 3.06. The first-order chi connectivity index (χ1) is 10.6. The van der Waals surface area contributed by atoms with Crippen LogP contribution >= 0.6 is 0 Å². The molecule has 5 heteroatoms. The van der Waals surface area contributed by atoms with E-state index >= 15 is 0 Å². The van der Waals surface area contributed by atoms with Crippen molar-refractivity contribution in [3.8, 4) is 0 Å². The van der Waals surface area contributed by atoms with Gasteiger partial charge in [0.25, 0.3) is 0 Å². The van der Waals surface area contributed by atoms with Crippen molar-refractivity contribution in [2.24, 2.45) is 0 Å². The third kappa shape index (κ3) is 3.40. The van der Waals surface area contributed by atoms with Crippen LogP contribution in [-0.2, 0) is 4.79 Å². The number of nitrogens with one attached hydrogen (secondary N) is 1. The second kappa shape index (κ2) is 6.24. The topological polar surface area (TPSA) is 52.6 Å². The van der Waals surface area contributed by atoms with Crippen molar-refractivity contribution in [2.45, 2.75) is 50.5 Å². The van der Waals surface area contributed by atoms with Crippen molar-refractivity contribution in [2.75, 3.05) is 23.3 Å². The molecule has 1 aliphatic heterocycles. The fourth-order valence-electron chi connectivity index (χ4n) is 3.51. The minimum Gasteiger partial charge on any atom is -0.389 e. The van der Waals surface area contributed by atoms with E-state index in [-0.39, 0.29) is 18.1 Å². The molecule has 4 nitrogen and oxygen atoms in total. The Morgan fingerprint density at radius 3 is 2.55 bits per heavy atom. The summed E-state index contributed by atoms with van der Waals surface area (Å²) in [6.45, 7) is 1.77. The van der Waals surface area contributed by atoms with E-state index in [2.05, 4.69) is 5.32 Å². The largest absolute Gasteiger partial charge is 0.389 e. The Labute approximate surface area is 130 Å². The summed E-state index contributed by atoms with van der Waals surface area (Å²) in [5.41, 5.74) is 0.176. The maximum atomic E-state index is 14.2. The van der Waals surface area contributed by atoms with Gasteiger partial charge in [-0.1, -0.05) is 12.8 Å². The van der Waals surface area contributed by atoms with Crippen LogP contribution in [0.15, 0.2) is 18.2 Å². The minimum atomic E-state index is -0.877. The van der Waals surface area contributed by atoms with Crippen molar-refractivity contribution < 1.29 is 14.3 Å². The Hall–Kier alpha value is -1.62. The van der Waals surface area contributed by atoms with Crippen LogP contribution in [-0.4, -0.2) is 29.7 Å². The molecule has 0 atom stereocenters.